The Hall–Kier alpha value is -2.45. The second kappa shape index (κ2) is 7.28. The molecule has 0 radical (unpaired) electrons. The Balaban J connectivity index is 1.61. The number of hydrogen-bond acceptors (Lipinski definition) is 6. The molecule has 8 heteroatoms. The molecule has 4 rings (SSSR count). The number of benzene rings is 1. The van der Waals surface area contributed by atoms with Gasteiger partial charge in [-0.3, -0.25) is 9.20 Å². The van der Waals surface area contributed by atoms with Crippen molar-refractivity contribution in [1.29, 1.82) is 0 Å². The first-order valence-electron chi connectivity index (χ1n) is 8.66. The lowest BCUT2D eigenvalue weighted by Gasteiger charge is -2.08. The van der Waals surface area contributed by atoms with Gasteiger partial charge in [-0.25, -0.2) is 4.98 Å². The van der Waals surface area contributed by atoms with Gasteiger partial charge in [0.15, 0.2) is 15.9 Å². The van der Waals surface area contributed by atoms with Crippen LogP contribution in [0.1, 0.15) is 23.9 Å². The monoisotopic (exact) mass is 397 g/mol. The Bertz CT molecular complexity index is 1170. The minimum atomic E-state index is -0.0354. The molecule has 0 aliphatic heterocycles. The number of rotatable bonds is 5. The van der Waals surface area contributed by atoms with Gasteiger partial charge in [0, 0.05) is 35.0 Å². The molecule has 0 fully saturated rings. The highest BCUT2D eigenvalue weighted by molar-refractivity contribution is 7.98. The van der Waals surface area contributed by atoms with Crippen molar-refractivity contribution in [1.82, 2.24) is 24.1 Å². The molecule has 138 valence electrons. The fraction of sp³-hybridized carbons (Fsp3) is 0.263. The van der Waals surface area contributed by atoms with Crippen molar-refractivity contribution in [2.75, 3.05) is 0 Å². The van der Waals surface area contributed by atoms with Crippen LogP contribution >= 0.6 is 23.1 Å². The molecule has 6 nitrogen and oxygen atoms in total. The van der Waals surface area contributed by atoms with E-state index in [0.717, 1.165) is 39.4 Å². The van der Waals surface area contributed by atoms with Crippen LogP contribution in [0.2, 0.25) is 0 Å². The fourth-order valence-electron chi connectivity index (χ4n) is 2.99. The minimum Gasteiger partial charge on any atom is -0.302 e. The Labute approximate surface area is 164 Å². The summed E-state index contributed by atoms with van der Waals surface area (Å²) in [6.07, 6.45) is 0. The van der Waals surface area contributed by atoms with Gasteiger partial charge >= 0.3 is 0 Å². The van der Waals surface area contributed by atoms with Crippen LogP contribution in [0, 0.1) is 13.8 Å². The van der Waals surface area contributed by atoms with Gasteiger partial charge in [-0.1, -0.05) is 35.5 Å². The van der Waals surface area contributed by atoms with Gasteiger partial charge in [0.05, 0.1) is 5.69 Å². The maximum absolute atomic E-state index is 12.3. The summed E-state index contributed by atoms with van der Waals surface area (Å²) in [5.74, 6) is 1.44. The predicted octanol–water partition coefficient (Wildman–Crippen LogP) is 3.94. The van der Waals surface area contributed by atoms with Crippen molar-refractivity contribution in [2.45, 2.75) is 38.2 Å². The van der Waals surface area contributed by atoms with E-state index in [9.17, 15) is 4.79 Å². The zero-order valence-corrected chi connectivity index (χ0v) is 17.0. The van der Waals surface area contributed by atoms with E-state index in [1.165, 1.54) is 16.9 Å². The Morgan fingerprint density at radius 2 is 2.04 bits per heavy atom. The van der Waals surface area contributed by atoms with E-state index >= 15 is 0 Å². The number of thioether (sulfide) groups is 1. The van der Waals surface area contributed by atoms with Crippen molar-refractivity contribution < 1.29 is 0 Å². The Morgan fingerprint density at radius 3 is 2.81 bits per heavy atom. The standard InChI is InChI=1S/C19H19N5OS2/c1-4-23-17(14-7-5-6-12(2)8-14)21-22-19(23)27-11-15-9-16(25)24-13(3)10-26-18(24)20-15/h5-10H,4,11H2,1-3H3. The van der Waals surface area contributed by atoms with Gasteiger partial charge in [-0.05, 0) is 26.8 Å². The first-order valence-corrected chi connectivity index (χ1v) is 10.5. The second-order valence-electron chi connectivity index (χ2n) is 6.29. The first-order chi connectivity index (χ1) is 13.1. The summed E-state index contributed by atoms with van der Waals surface area (Å²) in [6.45, 7) is 6.84. The molecule has 0 bridgehead atoms. The highest BCUT2D eigenvalue weighted by atomic mass is 32.2. The molecule has 0 aliphatic rings. The van der Waals surface area contributed by atoms with Crippen LogP contribution in [-0.2, 0) is 12.3 Å². The molecular formula is C19H19N5OS2. The molecular weight excluding hydrogens is 378 g/mol. The number of aryl methyl sites for hydroxylation is 2. The number of nitrogens with zero attached hydrogens (tertiary/aromatic N) is 5. The quantitative estimate of drug-likeness (QED) is 0.477. The van der Waals surface area contributed by atoms with Crippen LogP contribution in [0.3, 0.4) is 0 Å². The Kier molecular flexibility index (Phi) is 4.84. The summed E-state index contributed by atoms with van der Waals surface area (Å²) in [5.41, 5.74) is 3.89. The third-order valence-electron chi connectivity index (χ3n) is 4.29. The molecule has 3 aromatic heterocycles. The predicted molar refractivity (Wildman–Crippen MR) is 110 cm³/mol. The average molecular weight is 398 g/mol. The van der Waals surface area contributed by atoms with Crippen LogP contribution in [0.4, 0.5) is 0 Å². The lowest BCUT2D eigenvalue weighted by atomic mass is 10.1. The van der Waals surface area contributed by atoms with E-state index in [1.807, 2.05) is 24.4 Å². The van der Waals surface area contributed by atoms with Crippen LogP contribution in [0.25, 0.3) is 16.3 Å². The Morgan fingerprint density at radius 1 is 1.19 bits per heavy atom. The largest absolute Gasteiger partial charge is 0.302 e. The summed E-state index contributed by atoms with van der Waals surface area (Å²) in [7, 11) is 0. The van der Waals surface area contributed by atoms with Crippen molar-refractivity contribution in [3.63, 3.8) is 0 Å². The summed E-state index contributed by atoms with van der Waals surface area (Å²) in [4.78, 5) is 17.7. The fourth-order valence-corrected chi connectivity index (χ4v) is 4.78. The summed E-state index contributed by atoms with van der Waals surface area (Å²) < 4.78 is 3.74. The number of aromatic nitrogens is 5. The number of thiazole rings is 1. The zero-order chi connectivity index (χ0) is 19.0. The van der Waals surface area contributed by atoms with Crippen molar-refractivity contribution in [3.05, 3.63) is 63.0 Å². The SMILES string of the molecule is CCn1c(SCc2cc(=O)n3c(C)csc3n2)nnc1-c1cccc(C)c1. The average Bonchev–Trinajstić information content (AvgIpc) is 3.23. The van der Waals surface area contributed by atoms with E-state index in [0.29, 0.717) is 5.75 Å². The number of fused-ring (bicyclic) bond motifs is 1. The van der Waals surface area contributed by atoms with Crippen LogP contribution in [0.5, 0.6) is 0 Å². The van der Waals surface area contributed by atoms with Gasteiger partial charge in [0.25, 0.3) is 5.56 Å². The highest BCUT2D eigenvalue weighted by Gasteiger charge is 2.14. The van der Waals surface area contributed by atoms with Gasteiger partial charge in [0.1, 0.15) is 0 Å². The van der Waals surface area contributed by atoms with E-state index in [4.69, 9.17) is 0 Å². The van der Waals surface area contributed by atoms with Crippen LogP contribution in [0.15, 0.2) is 45.7 Å². The van der Waals surface area contributed by atoms with Crippen molar-refractivity contribution >= 4 is 28.1 Å². The topological polar surface area (TPSA) is 65.1 Å². The third-order valence-corrected chi connectivity index (χ3v) is 6.23. The zero-order valence-electron chi connectivity index (χ0n) is 15.3. The lowest BCUT2D eigenvalue weighted by Crippen LogP contribution is -2.14. The molecule has 27 heavy (non-hydrogen) atoms. The van der Waals surface area contributed by atoms with Gasteiger partial charge in [0.2, 0.25) is 0 Å². The van der Waals surface area contributed by atoms with Crippen LogP contribution in [-0.4, -0.2) is 24.1 Å². The smallest absolute Gasteiger partial charge is 0.258 e. The molecule has 0 saturated heterocycles. The first kappa shape index (κ1) is 17.9. The second-order valence-corrected chi connectivity index (χ2v) is 8.07. The summed E-state index contributed by atoms with van der Waals surface area (Å²) in [6, 6.07) is 9.86. The minimum absolute atomic E-state index is 0.0354. The molecule has 0 aliphatic carbocycles. The maximum atomic E-state index is 12.3. The third kappa shape index (κ3) is 3.42. The van der Waals surface area contributed by atoms with E-state index in [-0.39, 0.29) is 5.56 Å². The summed E-state index contributed by atoms with van der Waals surface area (Å²) >= 11 is 3.04. The summed E-state index contributed by atoms with van der Waals surface area (Å²) in [5, 5.41) is 11.5. The van der Waals surface area contributed by atoms with Gasteiger partial charge in [-0.15, -0.1) is 21.5 Å². The van der Waals surface area contributed by atoms with Crippen molar-refractivity contribution in [3.8, 4) is 11.4 Å². The van der Waals surface area contributed by atoms with Crippen LogP contribution < -0.4 is 5.56 Å². The molecule has 0 saturated carbocycles. The van der Waals surface area contributed by atoms with E-state index in [1.54, 1.807) is 22.2 Å². The molecule has 0 atom stereocenters. The molecule has 1 aromatic carbocycles. The van der Waals surface area contributed by atoms with Gasteiger partial charge < -0.3 is 4.57 Å². The lowest BCUT2D eigenvalue weighted by molar-refractivity contribution is 0.687. The normalized spacial score (nSPS) is 11.4. The molecule has 4 aromatic rings. The van der Waals surface area contributed by atoms with E-state index < -0.39 is 0 Å². The maximum Gasteiger partial charge on any atom is 0.258 e. The van der Waals surface area contributed by atoms with Crippen molar-refractivity contribution in [2.24, 2.45) is 0 Å². The molecule has 0 amide bonds. The molecule has 0 unspecified atom stereocenters. The molecule has 0 N–H and O–H groups in total. The molecule has 3 heterocycles. The van der Waals surface area contributed by atoms with Gasteiger partial charge in [-0.2, -0.15) is 0 Å². The number of hydrogen-bond donors (Lipinski definition) is 0. The highest BCUT2D eigenvalue weighted by Crippen LogP contribution is 2.26. The van der Waals surface area contributed by atoms with E-state index in [2.05, 4.69) is 45.7 Å². The molecule has 0 spiro atoms.